The van der Waals surface area contributed by atoms with Gasteiger partial charge in [0.05, 0.1) is 0 Å². The summed E-state index contributed by atoms with van der Waals surface area (Å²) in [7, 11) is 0. The molecular weight excluding hydrogens is 769 g/mol. The molecule has 0 saturated carbocycles. The highest BCUT2D eigenvalue weighted by Crippen LogP contribution is 2.16. The lowest BCUT2D eigenvalue weighted by atomic mass is 10.0. The van der Waals surface area contributed by atoms with Crippen LogP contribution in [0.5, 0.6) is 0 Å². The van der Waals surface area contributed by atoms with Crippen molar-refractivity contribution in [3.63, 3.8) is 0 Å². The predicted octanol–water partition coefficient (Wildman–Crippen LogP) is 17.9. The first-order chi connectivity index (χ1) is 30.5. The van der Waals surface area contributed by atoms with Crippen molar-refractivity contribution in [2.45, 2.75) is 303 Å². The first-order valence-corrected chi connectivity index (χ1v) is 27.4. The highest BCUT2D eigenvalue weighted by molar-refractivity contribution is 5.71. The molecule has 1 unspecified atom stereocenters. The molecule has 1 atom stereocenters. The average Bonchev–Trinajstić information content (AvgIpc) is 3.27. The number of hydrogen-bond acceptors (Lipinski definition) is 6. The maximum absolute atomic E-state index is 12.8. The number of hydrogen-bond donors (Lipinski definition) is 0. The predicted molar refractivity (Wildman–Crippen MR) is 266 cm³/mol. The molecule has 6 nitrogen and oxygen atoms in total. The van der Waals surface area contributed by atoms with Gasteiger partial charge >= 0.3 is 17.9 Å². The molecule has 0 N–H and O–H groups in total. The number of carbonyl (C=O) groups excluding carboxylic acids is 3. The lowest BCUT2D eigenvalue weighted by Crippen LogP contribution is -2.30. The van der Waals surface area contributed by atoms with E-state index in [1.165, 1.54) is 186 Å². The summed E-state index contributed by atoms with van der Waals surface area (Å²) >= 11 is 0. The van der Waals surface area contributed by atoms with Crippen LogP contribution in [0.4, 0.5) is 0 Å². The molecule has 0 aliphatic heterocycles. The van der Waals surface area contributed by atoms with Gasteiger partial charge in [-0.2, -0.15) is 0 Å². The van der Waals surface area contributed by atoms with Crippen LogP contribution >= 0.6 is 0 Å². The Morgan fingerprint density at radius 3 is 0.871 bits per heavy atom. The molecule has 0 radical (unpaired) electrons. The van der Waals surface area contributed by atoms with Gasteiger partial charge in [0.1, 0.15) is 13.2 Å². The largest absolute Gasteiger partial charge is 0.462 e. The Balaban J connectivity index is 4.37. The van der Waals surface area contributed by atoms with Crippen molar-refractivity contribution in [2.24, 2.45) is 0 Å². The van der Waals surface area contributed by atoms with Crippen LogP contribution in [-0.2, 0) is 28.6 Å². The van der Waals surface area contributed by atoms with Crippen LogP contribution in [0.25, 0.3) is 0 Å². The Kier molecular flexibility index (Phi) is 49.8. The summed E-state index contributed by atoms with van der Waals surface area (Å²) < 4.78 is 16.8. The topological polar surface area (TPSA) is 78.9 Å². The second-order valence-corrected chi connectivity index (χ2v) is 18.5. The Morgan fingerprint density at radius 1 is 0.323 bits per heavy atom. The van der Waals surface area contributed by atoms with Crippen molar-refractivity contribution >= 4 is 17.9 Å². The molecule has 0 fully saturated rings. The van der Waals surface area contributed by atoms with Gasteiger partial charge in [0, 0.05) is 19.3 Å². The molecule has 0 aromatic rings. The van der Waals surface area contributed by atoms with Crippen molar-refractivity contribution in [2.75, 3.05) is 13.2 Å². The summed E-state index contributed by atoms with van der Waals surface area (Å²) in [5.41, 5.74) is 0. The first kappa shape index (κ1) is 59.9. The highest BCUT2D eigenvalue weighted by Gasteiger charge is 2.19. The summed E-state index contributed by atoms with van der Waals surface area (Å²) in [4.78, 5) is 38.0. The summed E-state index contributed by atoms with van der Waals surface area (Å²) in [5, 5.41) is 0. The molecule has 0 aromatic heterocycles. The third-order valence-corrected chi connectivity index (χ3v) is 12.2. The van der Waals surface area contributed by atoms with E-state index in [0.717, 1.165) is 70.6 Å². The maximum Gasteiger partial charge on any atom is 0.306 e. The van der Waals surface area contributed by atoms with Crippen molar-refractivity contribution in [3.05, 3.63) is 24.3 Å². The molecule has 0 aliphatic rings. The van der Waals surface area contributed by atoms with Gasteiger partial charge in [-0.15, -0.1) is 0 Å². The van der Waals surface area contributed by atoms with Crippen molar-refractivity contribution in [3.8, 4) is 0 Å². The summed E-state index contributed by atoms with van der Waals surface area (Å²) in [5.74, 6) is -0.884. The van der Waals surface area contributed by atoms with Gasteiger partial charge in [0.25, 0.3) is 0 Å². The lowest BCUT2D eigenvalue weighted by molar-refractivity contribution is -0.167. The van der Waals surface area contributed by atoms with Crippen LogP contribution in [-0.4, -0.2) is 37.2 Å². The Morgan fingerprint density at radius 2 is 0.565 bits per heavy atom. The standard InChI is InChI=1S/C56H104O6/c1-4-7-10-13-16-19-22-25-28-29-32-34-37-40-43-46-49-55(58)61-52-53(62-56(59)50-47-44-41-38-35-31-27-24-21-18-15-12-9-6-3)51-60-54(57)48-45-42-39-36-33-30-26-23-20-17-14-11-8-5-2/h28-29,32,34,53H,4-27,30-31,33,35-52H2,1-3H3/b29-28-,34-32-. The monoisotopic (exact) mass is 873 g/mol. The molecule has 0 bridgehead atoms. The van der Waals surface area contributed by atoms with Gasteiger partial charge in [0.2, 0.25) is 0 Å². The number of allylic oxidation sites excluding steroid dienone is 4. The van der Waals surface area contributed by atoms with Crippen LogP contribution in [0.3, 0.4) is 0 Å². The zero-order chi connectivity index (χ0) is 45.1. The van der Waals surface area contributed by atoms with E-state index in [4.69, 9.17) is 14.2 Å². The third kappa shape index (κ3) is 48.9. The zero-order valence-electron chi connectivity index (χ0n) is 41.7. The zero-order valence-corrected chi connectivity index (χ0v) is 41.7. The van der Waals surface area contributed by atoms with Crippen LogP contribution in [0, 0.1) is 0 Å². The van der Waals surface area contributed by atoms with E-state index in [-0.39, 0.29) is 31.1 Å². The fraction of sp³-hybridized carbons (Fsp3) is 0.875. The highest BCUT2D eigenvalue weighted by atomic mass is 16.6. The number of esters is 3. The molecule has 0 aliphatic carbocycles. The van der Waals surface area contributed by atoms with E-state index in [1.807, 2.05) is 0 Å². The smallest absolute Gasteiger partial charge is 0.306 e. The van der Waals surface area contributed by atoms with Gasteiger partial charge in [-0.05, 0) is 44.9 Å². The first-order valence-electron chi connectivity index (χ1n) is 27.4. The van der Waals surface area contributed by atoms with Crippen LogP contribution in [0.2, 0.25) is 0 Å². The minimum atomic E-state index is -0.776. The molecule has 364 valence electrons. The number of ether oxygens (including phenoxy) is 3. The lowest BCUT2D eigenvalue weighted by Gasteiger charge is -2.18. The van der Waals surface area contributed by atoms with Crippen molar-refractivity contribution in [1.82, 2.24) is 0 Å². The van der Waals surface area contributed by atoms with Crippen molar-refractivity contribution in [1.29, 1.82) is 0 Å². The quantitative estimate of drug-likeness (QED) is 0.0262. The van der Waals surface area contributed by atoms with Crippen LogP contribution in [0.1, 0.15) is 297 Å². The molecule has 0 amide bonds. The second-order valence-electron chi connectivity index (χ2n) is 18.5. The molecule has 0 aromatic carbocycles. The van der Waals surface area contributed by atoms with E-state index in [0.29, 0.717) is 19.3 Å². The molecule has 0 rings (SSSR count). The SMILES string of the molecule is CCCCCCCCC/C=C\C=C/CCCCCC(=O)OCC(COC(=O)CCCCCCCCCCCCCCCC)OC(=O)CCCCCCCCCCCCCCCC. The van der Waals surface area contributed by atoms with Gasteiger partial charge in [-0.25, -0.2) is 0 Å². The fourth-order valence-corrected chi connectivity index (χ4v) is 8.08. The molecule has 0 saturated heterocycles. The maximum atomic E-state index is 12.8. The Hall–Kier alpha value is -2.11. The van der Waals surface area contributed by atoms with Gasteiger partial charge in [-0.3, -0.25) is 14.4 Å². The molecule has 62 heavy (non-hydrogen) atoms. The summed E-state index contributed by atoms with van der Waals surface area (Å²) in [6, 6.07) is 0. The van der Waals surface area contributed by atoms with Crippen LogP contribution < -0.4 is 0 Å². The van der Waals surface area contributed by atoms with E-state index in [1.54, 1.807) is 0 Å². The second kappa shape index (κ2) is 51.5. The van der Waals surface area contributed by atoms with Gasteiger partial charge in [0.15, 0.2) is 6.10 Å². The fourth-order valence-electron chi connectivity index (χ4n) is 8.08. The minimum absolute atomic E-state index is 0.0744. The van der Waals surface area contributed by atoms with Crippen molar-refractivity contribution < 1.29 is 28.6 Å². The number of rotatable bonds is 50. The molecule has 6 heteroatoms. The molecular formula is C56H104O6. The molecule has 0 heterocycles. The summed E-state index contributed by atoms with van der Waals surface area (Å²) in [6.07, 6.45) is 58.7. The third-order valence-electron chi connectivity index (χ3n) is 12.2. The van der Waals surface area contributed by atoms with E-state index in [9.17, 15) is 14.4 Å². The number of carbonyl (C=O) groups is 3. The van der Waals surface area contributed by atoms with E-state index >= 15 is 0 Å². The average molecular weight is 873 g/mol. The Labute approximate surface area is 385 Å². The van der Waals surface area contributed by atoms with E-state index in [2.05, 4.69) is 45.1 Å². The van der Waals surface area contributed by atoms with Gasteiger partial charge < -0.3 is 14.2 Å². The summed E-state index contributed by atoms with van der Waals surface area (Å²) in [6.45, 7) is 6.65. The molecule has 0 spiro atoms. The van der Waals surface area contributed by atoms with Gasteiger partial charge in [-0.1, -0.05) is 257 Å². The minimum Gasteiger partial charge on any atom is -0.462 e. The normalized spacial score (nSPS) is 12.1. The van der Waals surface area contributed by atoms with E-state index < -0.39 is 6.10 Å². The van der Waals surface area contributed by atoms with Crippen LogP contribution in [0.15, 0.2) is 24.3 Å². The number of unbranched alkanes of at least 4 members (excludes halogenated alkanes) is 36. The Bertz CT molecular complexity index is 1000.